The van der Waals surface area contributed by atoms with Crippen molar-refractivity contribution in [2.75, 3.05) is 4.90 Å². The van der Waals surface area contributed by atoms with E-state index < -0.39 is 45.7 Å². The van der Waals surface area contributed by atoms with Gasteiger partial charge in [0.2, 0.25) is 0 Å². The third kappa shape index (κ3) is 3.47. The van der Waals surface area contributed by atoms with Gasteiger partial charge in [-0.1, -0.05) is 0 Å². The maximum absolute atomic E-state index is 14.6. The number of Topliss-reactive ketones (excluding diaryl/α,β-unsaturated/α-hetero) is 1. The molecular formula is C22H13F2N3O5. The van der Waals surface area contributed by atoms with Crippen LogP contribution < -0.4 is 4.90 Å². The van der Waals surface area contributed by atoms with Gasteiger partial charge in [-0.2, -0.15) is 0 Å². The Balaban J connectivity index is 1.94. The van der Waals surface area contributed by atoms with E-state index >= 15 is 0 Å². The highest BCUT2D eigenvalue weighted by molar-refractivity contribution is 6.51. The topological polar surface area (TPSA) is 114 Å². The largest absolute Gasteiger partial charge is 0.507 e. The number of halogens is 2. The molecule has 0 radical (unpaired) electrons. The number of non-ortho nitro benzene ring substituents is 1. The zero-order chi connectivity index (χ0) is 23.0. The Labute approximate surface area is 179 Å². The zero-order valence-corrected chi connectivity index (χ0v) is 16.1. The molecule has 1 N–H and O–H groups in total. The number of carbonyl (C=O) groups is 2. The number of ketones is 1. The number of aliphatic hydroxyl groups is 1. The van der Waals surface area contributed by atoms with Crippen molar-refractivity contribution in [2.24, 2.45) is 0 Å². The summed E-state index contributed by atoms with van der Waals surface area (Å²) in [5.74, 6) is -4.67. The SMILES string of the molecule is O=C1C(=O)N(c2cc(F)ccc2F)C(c2ccncc2)/C1=C(\O)c1ccc([N+](=O)[O-])cc1. The van der Waals surface area contributed by atoms with Crippen LogP contribution in [0.5, 0.6) is 0 Å². The van der Waals surface area contributed by atoms with Gasteiger partial charge in [0, 0.05) is 36.2 Å². The number of aliphatic hydroxyl groups excluding tert-OH is 1. The van der Waals surface area contributed by atoms with Crippen molar-refractivity contribution in [3.63, 3.8) is 0 Å². The van der Waals surface area contributed by atoms with Crippen LogP contribution in [-0.2, 0) is 9.59 Å². The molecule has 1 aliphatic rings. The van der Waals surface area contributed by atoms with E-state index in [9.17, 15) is 33.6 Å². The van der Waals surface area contributed by atoms with E-state index in [0.717, 1.165) is 35.2 Å². The first-order valence-corrected chi connectivity index (χ1v) is 9.20. The number of carbonyl (C=O) groups excluding carboxylic acids is 2. The molecule has 1 atom stereocenters. The predicted octanol–water partition coefficient (Wildman–Crippen LogP) is 3.89. The summed E-state index contributed by atoms with van der Waals surface area (Å²) in [6.45, 7) is 0. The van der Waals surface area contributed by atoms with E-state index in [2.05, 4.69) is 4.98 Å². The molecule has 0 bridgehead atoms. The van der Waals surface area contributed by atoms with Gasteiger partial charge in [0.1, 0.15) is 17.4 Å². The van der Waals surface area contributed by atoms with Crippen molar-refractivity contribution in [2.45, 2.75) is 6.04 Å². The fourth-order valence-electron chi connectivity index (χ4n) is 3.51. The standard InChI is InChI=1S/C22H13F2N3O5/c23-14-3-6-16(24)17(11-14)26-19(12-7-9-25-10-8-12)18(21(29)22(26)30)20(28)13-1-4-15(5-2-13)27(31)32/h1-11,19,28H/b20-18+. The third-order valence-electron chi connectivity index (χ3n) is 4.99. The molecule has 0 saturated carbocycles. The second kappa shape index (κ2) is 7.99. The Kier molecular flexibility index (Phi) is 5.19. The average Bonchev–Trinajstić information content (AvgIpc) is 3.06. The fourth-order valence-corrected chi connectivity index (χ4v) is 3.51. The minimum absolute atomic E-state index is 0.0346. The van der Waals surface area contributed by atoms with Gasteiger partial charge in [0.25, 0.3) is 17.4 Å². The molecule has 160 valence electrons. The molecule has 1 fully saturated rings. The number of nitro benzene ring substituents is 1. The van der Waals surface area contributed by atoms with E-state index in [0.29, 0.717) is 5.56 Å². The van der Waals surface area contributed by atoms with Gasteiger partial charge >= 0.3 is 0 Å². The van der Waals surface area contributed by atoms with Crippen LogP contribution in [0.3, 0.4) is 0 Å². The van der Waals surface area contributed by atoms with Crippen LogP contribution in [0.4, 0.5) is 20.2 Å². The minimum Gasteiger partial charge on any atom is -0.507 e. The summed E-state index contributed by atoms with van der Waals surface area (Å²) in [6.07, 6.45) is 2.76. The van der Waals surface area contributed by atoms with Crippen molar-refractivity contribution in [3.05, 3.63) is 105 Å². The first-order chi connectivity index (χ1) is 15.3. The molecule has 2 heterocycles. The van der Waals surface area contributed by atoms with E-state index in [4.69, 9.17) is 0 Å². The lowest BCUT2D eigenvalue weighted by molar-refractivity contribution is -0.384. The number of benzene rings is 2. The van der Waals surface area contributed by atoms with E-state index in [1.807, 2.05) is 0 Å². The van der Waals surface area contributed by atoms with Crippen LogP contribution in [0, 0.1) is 21.7 Å². The van der Waals surface area contributed by atoms with Crippen LogP contribution in [0.15, 0.2) is 72.6 Å². The summed E-state index contributed by atoms with van der Waals surface area (Å²) in [6, 6.07) is 8.79. The lowest BCUT2D eigenvalue weighted by Gasteiger charge is -2.25. The first kappa shape index (κ1) is 20.8. The van der Waals surface area contributed by atoms with Gasteiger partial charge < -0.3 is 5.11 Å². The van der Waals surface area contributed by atoms with Gasteiger partial charge in [0.05, 0.1) is 22.2 Å². The Hall–Kier alpha value is -4.47. The smallest absolute Gasteiger partial charge is 0.300 e. The number of anilines is 1. The molecular weight excluding hydrogens is 424 g/mol. The number of pyridine rings is 1. The second-order valence-corrected chi connectivity index (χ2v) is 6.85. The van der Waals surface area contributed by atoms with E-state index in [1.54, 1.807) is 0 Å². The first-order valence-electron chi connectivity index (χ1n) is 9.20. The second-order valence-electron chi connectivity index (χ2n) is 6.85. The highest BCUT2D eigenvalue weighted by Gasteiger charge is 2.47. The van der Waals surface area contributed by atoms with Gasteiger partial charge in [0.15, 0.2) is 0 Å². The Morgan fingerprint density at radius 3 is 2.31 bits per heavy atom. The van der Waals surface area contributed by atoms with Crippen molar-refractivity contribution in [3.8, 4) is 0 Å². The fraction of sp³-hybridized carbons (Fsp3) is 0.0455. The number of amides is 1. The van der Waals surface area contributed by atoms with Gasteiger partial charge in [-0.3, -0.25) is 29.6 Å². The summed E-state index contributed by atoms with van der Waals surface area (Å²) in [5, 5.41) is 21.8. The van der Waals surface area contributed by atoms with E-state index in [1.165, 1.54) is 36.7 Å². The van der Waals surface area contributed by atoms with Crippen LogP contribution in [-0.4, -0.2) is 26.7 Å². The number of nitrogens with zero attached hydrogens (tertiary/aromatic N) is 3. The Morgan fingerprint density at radius 1 is 1.03 bits per heavy atom. The Morgan fingerprint density at radius 2 is 1.69 bits per heavy atom. The average molecular weight is 437 g/mol. The highest BCUT2D eigenvalue weighted by atomic mass is 19.1. The summed E-state index contributed by atoms with van der Waals surface area (Å²) in [7, 11) is 0. The van der Waals surface area contributed by atoms with Crippen LogP contribution in [0.1, 0.15) is 17.2 Å². The molecule has 3 aromatic rings. The van der Waals surface area contributed by atoms with Crippen molar-refractivity contribution < 1.29 is 28.4 Å². The van der Waals surface area contributed by atoms with Crippen molar-refractivity contribution in [1.82, 2.24) is 4.98 Å². The molecule has 8 nitrogen and oxygen atoms in total. The molecule has 1 saturated heterocycles. The lowest BCUT2D eigenvalue weighted by Crippen LogP contribution is -2.30. The predicted molar refractivity (Wildman–Crippen MR) is 108 cm³/mol. The molecule has 32 heavy (non-hydrogen) atoms. The number of hydrogen-bond donors (Lipinski definition) is 1. The molecule has 4 rings (SSSR count). The molecule has 1 amide bonds. The number of aromatic nitrogens is 1. The summed E-state index contributed by atoms with van der Waals surface area (Å²) in [4.78, 5) is 40.7. The Bertz CT molecular complexity index is 1280. The summed E-state index contributed by atoms with van der Waals surface area (Å²) < 4.78 is 28.4. The van der Waals surface area contributed by atoms with Crippen LogP contribution >= 0.6 is 0 Å². The maximum atomic E-state index is 14.6. The maximum Gasteiger partial charge on any atom is 0.300 e. The molecule has 10 heteroatoms. The molecule has 0 aliphatic carbocycles. The molecule has 0 spiro atoms. The van der Waals surface area contributed by atoms with Gasteiger partial charge in [-0.15, -0.1) is 0 Å². The number of rotatable bonds is 4. The number of hydrogen-bond acceptors (Lipinski definition) is 6. The van der Waals surface area contributed by atoms with Gasteiger partial charge in [-0.25, -0.2) is 8.78 Å². The lowest BCUT2D eigenvalue weighted by atomic mass is 9.95. The minimum atomic E-state index is -1.29. The number of nitro groups is 1. The molecule has 1 aliphatic heterocycles. The molecule has 1 aromatic heterocycles. The molecule has 2 aromatic carbocycles. The van der Waals surface area contributed by atoms with Gasteiger partial charge in [-0.05, 0) is 42.0 Å². The van der Waals surface area contributed by atoms with Crippen LogP contribution in [0.25, 0.3) is 5.76 Å². The monoisotopic (exact) mass is 437 g/mol. The third-order valence-corrected chi connectivity index (χ3v) is 4.99. The zero-order valence-electron chi connectivity index (χ0n) is 16.1. The summed E-state index contributed by atoms with van der Waals surface area (Å²) >= 11 is 0. The van der Waals surface area contributed by atoms with E-state index in [-0.39, 0.29) is 16.8 Å². The van der Waals surface area contributed by atoms with Crippen molar-refractivity contribution >= 4 is 28.8 Å². The van der Waals surface area contributed by atoms with Crippen molar-refractivity contribution in [1.29, 1.82) is 0 Å². The highest BCUT2D eigenvalue weighted by Crippen LogP contribution is 2.43. The molecule has 1 unspecified atom stereocenters. The summed E-state index contributed by atoms with van der Waals surface area (Å²) in [5.41, 5.74) is -0.747. The quantitative estimate of drug-likeness (QED) is 0.218. The van der Waals surface area contributed by atoms with Crippen LogP contribution in [0.2, 0.25) is 0 Å². The normalized spacial score (nSPS) is 17.6.